The van der Waals surface area contributed by atoms with Crippen molar-refractivity contribution in [2.24, 2.45) is 11.7 Å². The molecule has 1 unspecified atom stereocenters. The Balaban J connectivity index is 1.95. The van der Waals surface area contributed by atoms with Crippen molar-refractivity contribution in [3.63, 3.8) is 0 Å². The lowest BCUT2D eigenvalue weighted by atomic mass is 9.96. The third-order valence-corrected chi connectivity index (χ3v) is 4.54. The largest absolute Gasteiger partial charge is 0.342 e. The number of benzene rings is 1. The zero-order valence-electron chi connectivity index (χ0n) is 13.2. The van der Waals surface area contributed by atoms with Gasteiger partial charge < -0.3 is 15.5 Å². The van der Waals surface area contributed by atoms with Crippen molar-refractivity contribution in [2.45, 2.75) is 25.3 Å². The van der Waals surface area contributed by atoms with Gasteiger partial charge in [-0.05, 0) is 45.0 Å². The molecule has 1 aliphatic rings. The summed E-state index contributed by atoms with van der Waals surface area (Å²) in [7, 11) is 4.07. The number of hydrogen-bond donors (Lipinski definition) is 1. The first-order chi connectivity index (χ1) is 10.1. The summed E-state index contributed by atoms with van der Waals surface area (Å²) in [6.07, 6.45) is 2.84. The van der Waals surface area contributed by atoms with Crippen LogP contribution in [-0.2, 0) is 11.2 Å². The first kappa shape index (κ1) is 16.0. The minimum Gasteiger partial charge on any atom is -0.342 e. The molecule has 0 aromatic heterocycles. The Morgan fingerprint density at radius 3 is 2.52 bits per heavy atom. The molecule has 21 heavy (non-hydrogen) atoms. The van der Waals surface area contributed by atoms with Crippen LogP contribution in [0, 0.1) is 5.92 Å². The second kappa shape index (κ2) is 7.57. The zero-order valence-corrected chi connectivity index (χ0v) is 13.2. The quantitative estimate of drug-likeness (QED) is 0.890. The third kappa shape index (κ3) is 4.29. The summed E-state index contributed by atoms with van der Waals surface area (Å²) in [5, 5.41) is 0. The molecule has 1 fully saturated rings. The van der Waals surface area contributed by atoms with Crippen LogP contribution in [-0.4, -0.2) is 55.5 Å². The summed E-state index contributed by atoms with van der Waals surface area (Å²) in [6.45, 7) is 2.53. The van der Waals surface area contributed by atoms with Gasteiger partial charge >= 0.3 is 0 Å². The van der Waals surface area contributed by atoms with Gasteiger partial charge in [-0.15, -0.1) is 0 Å². The van der Waals surface area contributed by atoms with Gasteiger partial charge in [-0.3, -0.25) is 4.79 Å². The molecule has 0 aliphatic carbocycles. The Labute approximate surface area is 127 Å². The normalized spacial score (nSPS) is 18.4. The van der Waals surface area contributed by atoms with Gasteiger partial charge in [0, 0.05) is 19.6 Å². The lowest BCUT2D eigenvalue weighted by Crippen LogP contribution is -2.47. The molecule has 0 bridgehead atoms. The van der Waals surface area contributed by atoms with Crippen LogP contribution in [0.1, 0.15) is 18.4 Å². The van der Waals surface area contributed by atoms with Crippen LogP contribution in [0.4, 0.5) is 0 Å². The molecule has 1 aromatic carbocycles. The summed E-state index contributed by atoms with van der Waals surface area (Å²) in [5.74, 6) is 0.0768. The van der Waals surface area contributed by atoms with E-state index < -0.39 is 0 Å². The zero-order chi connectivity index (χ0) is 15.2. The Morgan fingerprint density at radius 1 is 1.33 bits per heavy atom. The van der Waals surface area contributed by atoms with Crippen LogP contribution in [0.3, 0.4) is 0 Å². The van der Waals surface area contributed by atoms with E-state index in [1.165, 1.54) is 5.56 Å². The number of carbonyl (C=O) groups is 1. The van der Waals surface area contributed by atoms with E-state index in [1.54, 1.807) is 0 Å². The summed E-state index contributed by atoms with van der Waals surface area (Å²) in [6, 6.07) is 10.5. The highest BCUT2D eigenvalue weighted by molar-refractivity contribution is 5.79. The fourth-order valence-electron chi connectivity index (χ4n) is 3.02. The molecule has 4 nitrogen and oxygen atoms in total. The first-order valence-electron chi connectivity index (χ1n) is 7.81. The van der Waals surface area contributed by atoms with Gasteiger partial charge in [-0.2, -0.15) is 0 Å². The van der Waals surface area contributed by atoms with Crippen molar-refractivity contribution < 1.29 is 4.79 Å². The maximum Gasteiger partial charge on any atom is 0.227 e. The molecule has 4 heteroatoms. The lowest BCUT2D eigenvalue weighted by Gasteiger charge is -2.36. The van der Waals surface area contributed by atoms with Crippen LogP contribution in [0.25, 0.3) is 0 Å². The minimum absolute atomic E-state index is 0.114. The van der Waals surface area contributed by atoms with Gasteiger partial charge in [0.1, 0.15) is 0 Å². The van der Waals surface area contributed by atoms with Crippen LogP contribution in [0.15, 0.2) is 30.3 Å². The fraction of sp³-hybridized carbons (Fsp3) is 0.588. The van der Waals surface area contributed by atoms with Gasteiger partial charge in [-0.1, -0.05) is 30.3 Å². The number of piperidine rings is 1. The van der Waals surface area contributed by atoms with Crippen molar-refractivity contribution in [2.75, 3.05) is 33.7 Å². The molecule has 0 spiro atoms. The second-order valence-corrected chi connectivity index (χ2v) is 6.11. The van der Waals surface area contributed by atoms with Gasteiger partial charge in [0.25, 0.3) is 0 Å². The lowest BCUT2D eigenvalue weighted by molar-refractivity contribution is -0.136. The molecule has 2 N–H and O–H groups in total. The average Bonchev–Trinajstić information content (AvgIpc) is 2.53. The number of likely N-dealkylation sites (tertiary alicyclic amines) is 1. The molecular weight excluding hydrogens is 262 g/mol. The monoisotopic (exact) mass is 289 g/mol. The number of hydrogen-bond acceptors (Lipinski definition) is 3. The van der Waals surface area contributed by atoms with E-state index in [0.717, 1.165) is 32.4 Å². The predicted octanol–water partition coefficient (Wildman–Crippen LogP) is 1.36. The number of carbonyl (C=O) groups excluding carboxylic acids is 1. The van der Waals surface area contributed by atoms with Crippen molar-refractivity contribution >= 4 is 5.91 Å². The minimum atomic E-state index is -0.114. The molecule has 1 atom stereocenters. The van der Waals surface area contributed by atoms with E-state index in [4.69, 9.17) is 5.73 Å². The molecule has 1 heterocycles. The third-order valence-electron chi connectivity index (χ3n) is 4.54. The summed E-state index contributed by atoms with van der Waals surface area (Å²) < 4.78 is 0. The Morgan fingerprint density at radius 2 is 1.95 bits per heavy atom. The van der Waals surface area contributed by atoms with Crippen LogP contribution in [0.2, 0.25) is 0 Å². The summed E-state index contributed by atoms with van der Waals surface area (Å²) >= 11 is 0. The fourth-order valence-corrected chi connectivity index (χ4v) is 3.02. The van der Waals surface area contributed by atoms with Crippen molar-refractivity contribution in [3.8, 4) is 0 Å². The highest BCUT2D eigenvalue weighted by atomic mass is 16.2. The van der Waals surface area contributed by atoms with E-state index >= 15 is 0 Å². The number of rotatable bonds is 5. The van der Waals surface area contributed by atoms with Gasteiger partial charge in [0.15, 0.2) is 0 Å². The van der Waals surface area contributed by atoms with E-state index in [0.29, 0.717) is 12.6 Å². The standard InChI is InChI=1S/C17H27N3O/c1-19-10-8-16(9-11-19)20(2)17(21)15(13-18)12-14-6-4-3-5-7-14/h3-7,15-16H,8-13,18H2,1-2H3. The first-order valence-corrected chi connectivity index (χ1v) is 7.81. The SMILES string of the molecule is CN1CCC(N(C)C(=O)C(CN)Cc2ccccc2)CC1. The van der Waals surface area contributed by atoms with Gasteiger partial charge in [-0.25, -0.2) is 0 Å². The van der Waals surface area contributed by atoms with Crippen molar-refractivity contribution in [1.82, 2.24) is 9.80 Å². The van der Waals surface area contributed by atoms with E-state index in [9.17, 15) is 4.79 Å². The predicted molar refractivity (Wildman–Crippen MR) is 86.0 cm³/mol. The molecule has 1 saturated heterocycles. The van der Waals surface area contributed by atoms with E-state index in [2.05, 4.69) is 24.1 Å². The van der Waals surface area contributed by atoms with E-state index in [-0.39, 0.29) is 11.8 Å². The highest BCUT2D eigenvalue weighted by Crippen LogP contribution is 2.18. The average molecular weight is 289 g/mol. The van der Waals surface area contributed by atoms with Crippen molar-refractivity contribution in [1.29, 1.82) is 0 Å². The molecule has 1 aromatic rings. The van der Waals surface area contributed by atoms with Crippen LogP contribution < -0.4 is 5.73 Å². The van der Waals surface area contributed by atoms with Crippen LogP contribution >= 0.6 is 0 Å². The Bertz CT molecular complexity index is 441. The smallest absolute Gasteiger partial charge is 0.227 e. The van der Waals surface area contributed by atoms with Crippen molar-refractivity contribution in [3.05, 3.63) is 35.9 Å². The number of amides is 1. The molecule has 0 saturated carbocycles. The number of nitrogens with zero attached hydrogens (tertiary/aromatic N) is 2. The molecule has 2 rings (SSSR count). The molecular formula is C17H27N3O. The molecule has 1 amide bonds. The second-order valence-electron chi connectivity index (χ2n) is 6.11. The highest BCUT2D eigenvalue weighted by Gasteiger charge is 2.28. The summed E-state index contributed by atoms with van der Waals surface area (Å²) in [4.78, 5) is 16.9. The molecule has 1 aliphatic heterocycles. The maximum absolute atomic E-state index is 12.7. The van der Waals surface area contributed by atoms with Crippen LogP contribution in [0.5, 0.6) is 0 Å². The molecule has 116 valence electrons. The molecule has 0 radical (unpaired) electrons. The number of nitrogens with two attached hydrogens (primary N) is 1. The Hall–Kier alpha value is -1.39. The van der Waals surface area contributed by atoms with Gasteiger partial charge in [0.05, 0.1) is 5.92 Å². The Kier molecular flexibility index (Phi) is 5.76. The summed E-state index contributed by atoms with van der Waals surface area (Å²) in [5.41, 5.74) is 7.03. The maximum atomic E-state index is 12.7. The topological polar surface area (TPSA) is 49.6 Å². The van der Waals surface area contributed by atoms with E-state index in [1.807, 2.05) is 30.1 Å². The van der Waals surface area contributed by atoms with Gasteiger partial charge in [0.2, 0.25) is 5.91 Å².